The van der Waals surface area contributed by atoms with Crippen LogP contribution in [-0.4, -0.2) is 74.5 Å². The second-order valence-corrected chi connectivity index (χ2v) is 10.1. The van der Waals surface area contributed by atoms with Crippen LogP contribution in [0, 0.1) is 0 Å². The molecule has 9 heteroatoms. The lowest BCUT2D eigenvalue weighted by atomic mass is 9.98. The number of piperidine rings is 1. The van der Waals surface area contributed by atoms with Crippen molar-refractivity contribution in [2.45, 2.75) is 51.7 Å². The van der Waals surface area contributed by atoms with Gasteiger partial charge in [0.2, 0.25) is 0 Å². The number of aromatic nitrogens is 3. The number of amides is 2. The molecule has 0 aliphatic carbocycles. The lowest BCUT2D eigenvalue weighted by molar-refractivity contribution is 0.0730. The zero-order valence-corrected chi connectivity index (χ0v) is 20.3. The Kier molecular flexibility index (Phi) is 5.44. The van der Waals surface area contributed by atoms with E-state index in [0.717, 1.165) is 48.4 Å². The van der Waals surface area contributed by atoms with Gasteiger partial charge < -0.3 is 20.0 Å². The van der Waals surface area contributed by atoms with Crippen LogP contribution in [0.25, 0.3) is 5.65 Å². The van der Waals surface area contributed by atoms with Crippen LogP contribution in [0.5, 0.6) is 0 Å². The maximum absolute atomic E-state index is 13.3. The van der Waals surface area contributed by atoms with E-state index in [0.29, 0.717) is 23.8 Å². The Morgan fingerprint density at radius 3 is 2.66 bits per heavy atom. The first-order valence-corrected chi connectivity index (χ1v) is 12.6. The van der Waals surface area contributed by atoms with Crippen LogP contribution in [-0.2, 0) is 6.54 Å². The molecule has 0 unspecified atom stereocenters. The number of nitrogens with zero attached hydrogens (tertiary/aromatic N) is 6. The number of anilines is 2. The number of hydrogen-bond donors (Lipinski definition) is 1. The fourth-order valence-corrected chi connectivity index (χ4v) is 5.51. The number of rotatable bonds is 5. The SMILES string of the molecule is CC(C)N1Cc2cc(NC(=O)c3cnn4cccnc34)c(N3CCC(N4CCC4)CC3)cc2C1=O. The number of nitrogens with one attached hydrogen (secondary N) is 1. The van der Waals surface area contributed by atoms with Crippen molar-refractivity contribution in [1.29, 1.82) is 0 Å². The lowest BCUT2D eigenvalue weighted by Gasteiger charge is -2.43. The Bertz CT molecular complexity index is 1290. The molecule has 2 aromatic heterocycles. The van der Waals surface area contributed by atoms with Gasteiger partial charge >= 0.3 is 0 Å². The van der Waals surface area contributed by atoms with Crippen LogP contribution in [0.3, 0.4) is 0 Å². The topological polar surface area (TPSA) is 86.1 Å². The molecule has 3 aromatic rings. The number of carbonyl (C=O) groups excluding carboxylic acids is 2. The molecule has 0 spiro atoms. The van der Waals surface area contributed by atoms with Crippen molar-refractivity contribution in [2.75, 3.05) is 36.4 Å². The smallest absolute Gasteiger partial charge is 0.261 e. The number of fused-ring (bicyclic) bond motifs is 2. The van der Waals surface area contributed by atoms with Crippen molar-refractivity contribution >= 4 is 28.8 Å². The van der Waals surface area contributed by atoms with Gasteiger partial charge in [-0.2, -0.15) is 5.10 Å². The molecule has 182 valence electrons. The Morgan fingerprint density at radius 2 is 1.94 bits per heavy atom. The summed E-state index contributed by atoms with van der Waals surface area (Å²) in [7, 11) is 0. The standard InChI is InChI=1S/C26H31N7O2/c1-17(2)32-16-18-13-22(29-25(34)21-15-28-33-10-3-7-27-24(21)33)23(14-20(18)26(32)35)31-11-5-19(6-12-31)30-8-4-9-30/h3,7,10,13-15,17,19H,4-6,8-9,11-12,16H2,1-2H3,(H,29,34). The molecule has 0 saturated carbocycles. The summed E-state index contributed by atoms with van der Waals surface area (Å²) in [5.41, 5.74) is 4.30. The third-order valence-electron chi connectivity index (χ3n) is 7.66. The van der Waals surface area contributed by atoms with Crippen LogP contribution >= 0.6 is 0 Å². The average Bonchev–Trinajstić information content (AvgIpc) is 3.39. The molecule has 1 N–H and O–H groups in total. The van der Waals surface area contributed by atoms with Gasteiger partial charge in [0.1, 0.15) is 5.56 Å². The van der Waals surface area contributed by atoms with E-state index < -0.39 is 0 Å². The predicted molar refractivity (Wildman–Crippen MR) is 134 cm³/mol. The molecule has 35 heavy (non-hydrogen) atoms. The number of hydrogen-bond acceptors (Lipinski definition) is 6. The first-order chi connectivity index (χ1) is 17.0. The third kappa shape index (κ3) is 3.83. The van der Waals surface area contributed by atoms with E-state index in [1.165, 1.54) is 19.5 Å². The second-order valence-electron chi connectivity index (χ2n) is 10.1. The molecular weight excluding hydrogens is 442 g/mol. The van der Waals surface area contributed by atoms with E-state index in [1.54, 1.807) is 29.2 Å². The second kappa shape index (κ2) is 8.64. The minimum Gasteiger partial charge on any atom is -0.370 e. The van der Waals surface area contributed by atoms with Crippen LogP contribution in [0.2, 0.25) is 0 Å². The summed E-state index contributed by atoms with van der Waals surface area (Å²) in [6.45, 7) is 8.85. The highest BCUT2D eigenvalue weighted by atomic mass is 16.2. The van der Waals surface area contributed by atoms with E-state index in [1.807, 2.05) is 30.9 Å². The van der Waals surface area contributed by atoms with Gasteiger partial charge in [-0.15, -0.1) is 0 Å². The van der Waals surface area contributed by atoms with Gasteiger partial charge in [0.05, 0.1) is 17.6 Å². The van der Waals surface area contributed by atoms with Gasteiger partial charge in [-0.1, -0.05) is 0 Å². The minimum atomic E-state index is -0.250. The van der Waals surface area contributed by atoms with Crippen molar-refractivity contribution in [1.82, 2.24) is 24.4 Å². The summed E-state index contributed by atoms with van der Waals surface area (Å²) in [6.07, 6.45) is 8.46. The first kappa shape index (κ1) is 22.0. The van der Waals surface area contributed by atoms with Crippen LogP contribution in [0.4, 0.5) is 11.4 Å². The van der Waals surface area contributed by atoms with Gasteiger partial charge in [0.15, 0.2) is 5.65 Å². The normalized spacial score (nSPS) is 18.9. The van der Waals surface area contributed by atoms with Crippen molar-refractivity contribution in [3.05, 3.63) is 53.5 Å². The minimum absolute atomic E-state index is 0.0661. The molecule has 3 aliphatic heterocycles. The summed E-state index contributed by atoms with van der Waals surface area (Å²) < 4.78 is 1.60. The number of benzene rings is 1. The Hall–Kier alpha value is -3.46. The van der Waals surface area contributed by atoms with Crippen molar-refractivity contribution in [3.8, 4) is 0 Å². The molecular formula is C26H31N7O2. The molecule has 9 nitrogen and oxygen atoms in total. The fraction of sp³-hybridized carbons (Fsp3) is 0.462. The summed E-state index contributed by atoms with van der Waals surface area (Å²) in [4.78, 5) is 37.6. The first-order valence-electron chi connectivity index (χ1n) is 12.6. The van der Waals surface area contributed by atoms with Gasteiger partial charge in [0.25, 0.3) is 11.8 Å². The zero-order valence-electron chi connectivity index (χ0n) is 20.3. The molecule has 0 radical (unpaired) electrons. The van der Waals surface area contributed by atoms with Crippen LogP contribution < -0.4 is 10.2 Å². The van der Waals surface area contributed by atoms with E-state index in [4.69, 9.17) is 0 Å². The monoisotopic (exact) mass is 473 g/mol. The Labute approximate surface area is 204 Å². The number of likely N-dealkylation sites (tertiary alicyclic amines) is 1. The van der Waals surface area contributed by atoms with Crippen LogP contribution in [0.15, 0.2) is 36.8 Å². The molecule has 1 aromatic carbocycles. The molecule has 5 heterocycles. The molecule has 2 saturated heterocycles. The van der Waals surface area contributed by atoms with E-state index in [-0.39, 0.29) is 17.9 Å². The van der Waals surface area contributed by atoms with Gasteiger partial charge in [-0.3, -0.25) is 9.59 Å². The van der Waals surface area contributed by atoms with Crippen molar-refractivity contribution in [3.63, 3.8) is 0 Å². The molecule has 3 aliphatic rings. The molecule has 2 amide bonds. The van der Waals surface area contributed by atoms with E-state index in [2.05, 4.69) is 25.2 Å². The van der Waals surface area contributed by atoms with Crippen LogP contribution in [0.1, 0.15) is 59.4 Å². The summed E-state index contributed by atoms with van der Waals surface area (Å²) in [6, 6.07) is 6.52. The highest BCUT2D eigenvalue weighted by molar-refractivity contribution is 6.10. The summed E-state index contributed by atoms with van der Waals surface area (Å²) in [5, 5.41) is 7.39. The van der Waals surface area contributed by atoms with E-state index in [9.17, 15) is 9.59 Å². The lowest BCUT2D eigenvalue weighted by Crippen LogP contribution is -2.50. The highest BCUT2D eigenvalue weighted by Crippen LogP contribution is 2.37. The quantitative estimate of drug-likeness (QED) is 0.613. The van der Waals surface area contributed by atoms with E-state index >= 15 is 0 Å². The average molecular weight is 474 g/mol. The van der Waals surface area contributed by atoms with Gasteiger partial charge in [-0.05, 0) is 70.0 Å². The molecule has 2 fully saturated rings. The maximum atomic E-state index is 13.3. The third-order valence-corrected chi connectivity index (χ3v) is 7.66. The largest absolute Gasteiger partial charge is 0.370 e. The van der Waals surface area contributed by atoms with Crippen molar-refractivity contribution in [2.24, 2.45) is 0 Å². The maximum Gasteiger partial charge on any atom is 0.261 e. The molecule has 0 atom stereocenters. The predicted octanol–water partition coefficient (Wildman–Crippen LogP) is 3.02. The van der Waals surface area contributed by atoms with Crippen molar-refractivity contribution < 1.29 is 9.59 Å². The van der Waals surface area contributed by atoms with Gasteiger partial charge in [-0.25, -0.2) is 9.50 Å². The summed E-state index contributed by atoms with van der Waals surface area (Å²) >= 11 is 0. The Morgan fingerprint density at radius 1 is 1.14 bits per heavy atom. The molecule has 0 bridgehead atoms. The Balaban J connectivity index is 1.32. The zero-order chi connectivity index (χ0) is 24.1. The molecule has 6 rings (SSSR count). The highest BCUT2D eigenvalue weighted by Gasteiger charge is 2.33. The summed E-state index contributed by atoms with van der Waals surface area (Å²) in [5.74, 6) is -0.183. The number of carbonyl (C=O) groups is 2. The fourth-order valence-electron chi connectivity index (χ4n) is 5.51. The van der Waals surface area contributed by atoms with Gasteiger partial charge in [0, 0.05) is 49.7 Å².